The van der Waals surface area contributed by atoms with Gasteiger partial charge in [0.25, 0.3) is 0 Å². The third-order valence-corrected chi connectivity index (χ3v) is 6.24. The molecule has 0 bridgehead atoms. The summed E-state index contributed by atoms with van der Waals surface area (Å²) < 4.78 is 7.71. The predicted molar refractivity (Wildman–Crippen MR) is 153 cm³/mol. The molecule has 2 amide bonds. The molecule has 0 radical (unpaired) electrons. The lowest BCUT2D eigenvalue weighted by atomic mass is 9.92. The van der Waals surface area contributed by atoms with Gasteiger partial charge in [-0.2, -0.15) is 10.2 Å². The number of amides is 2. The van der Waals surface area contributed by atoms with Crippen molar-refractivity contribution in [2.45, 2.75) is 26.2 Å². The highest BCUT2D eigenvalue weighted by Gasteiger charge is 2.22. The van der Waals surface area contributed by atoms with Crippen molar-refractivity contribution in [3.63, 3.8) is 0 Å². The fourth-order valence-electron chi connectivity index (χ4n) is 4.13. The van der Waals surface area contributed by atoms with E-state index in [9.17, 15) is 4.79 Å². The van der Waals surface area contributed by atoms with Crippen molar-refractivity contribution in [3.8, 4) is 28.4 Å². The Bertz CT molecular complexity index is 1780. The van der Waals surface area contributed by atoms with E-state index in [2.05, 4.69) is 56.6 Å². The number of nitrogens with zero attached hydrogens (tertiary/aromatic N) is 5. The minimum Gasteiger partial charge on any atom is -0.457 e. The van der Waals surface area contributed by atoms with Crippen LogP contribution in [0.1, 0.15) is 26.5 Å². The highest BCUT2D eigenvalue weighted by atomic mass is 16.5. The Labute approximate surface area is 229 Å². The van der Waals surface area contributed by atoms with Gasteiger partial charge in [-0.15, -0.1) is 0 Å². The second kappa shape index (κ2) is 10.0. The predicted octanol–water partition coefficient (Wildman–Crippen LogP) is 6.27. The molecule has 0 unspecified atom stereocenters. The molecule has 0 atom stereocenters. The number of anilines is 2. The molecule has 40 heavy (non-hydrogen) atoms. The molecule has 0 saturated heterocycles. The monoisotopic (exact) mass is 533 g/mol. The first kappa shape index (κ1) is 24.9. The largest absolute Gasteiger partial charge is 0.457 e. The fraction of sp³-hybridized carbons (Fsp3) is 0.138. The number of aromatic amines is 2. The summed E-state index contributed by atoms with van der Waals surface area (Å²) in [7, 11) is 0. The number of imidazole rings is 1. The van der Waals surface area contributed by atoms with Crippen LogP contribution in [0.3, 0.4) is 0 Å². The smallest absolute Gasteiger partial charge is 0.324 e. The lowest BCUT2D eigenvalue weighted by Gasteiger charge is -2.14. The molecule has 4 aromatic heterocycles. The quantitative estimate of drug-likeness (QED) is 0.199. The first-order valence-corrected chi connectivity index (χ1v) is 12.7. The van der Waals surface area contributed by atoms with Crippen molar-refractivity contribution < 1.29 is 9.53 Å². The highest BCUT2D eigenvalue weighted by Crippen LogP contribution is 2.28. The van der Waals surface area contributed by atoms with Gasteiger partial charge in [0, 0.05) is 41.2 Å². The number of carbonyl (C=O) groups excluding carboxylic acids is 1. The standard InChI is InChI=1S/C29H27N9O2/c1-29(2,3)26-14-27(38(37-26)20-6-9-23-25(12-20)32-17-31-23)36-28(39)35-19-4-7-21(8-5-19)40-22-10-11-30-24(13-22)18-15-33-34-16-18/h4-17H,1-3H3,(H,31,32)(H,33,34)(H2,35,36,39). The van der Waals surface area contributed by atoms with Crippen molar-refractivity contribution in [1.29, 1.82) is 0 Å². The lowest BCUT2D eigenvalue weighted by molar-refractivity contribution is 0.262. The van der Waals surface area contributed by atoms with Crippen LogP contribution in [0.2, 0.25) is 0 Å². The number of hydrogen-bond donors (Lipinski definition) is 4. The van der Waals surface area contributed by atoms with E-state index in [1.54, 1.807) is 59.9 Å². The summed E-state index contributed by atoms with van der Waals surface area (Å²) in [6.45, 7) is 6.24. The number of pyridine rings is 1. The van der Waals surface area contributed by atoms with E-state index in [1.807, 2.05) is 30.3 Å². The Morgan fingerprint density at radius 3 is 2.58 bits per heavy atom. The Morgan fingerprint density at radius 1 is 0.950 bits per heavy atom. The van der Waals surface area contributed by atoms with Crippen LogP contribution in [-0.4, -0.2) is 41.0 Å². The maximum atomic E-state index is 13.0. The van der Waals surface area contributed by atoms with Gasteiger partial charge in [0.15, 0.2) is 0 Å². The number of urea groups is 1. The molecule has 0 spiro atoms. The second-order valence-electron chi connectivity index (χ2n) is 10.2. The fourth-order valence-corrected chi connectivity index (χ4v) is 4.13. The summed E-state index contributed by atoms with van der Waals surface area (Å²) in [6, 6.07) is 18.0. The van der Waals surface area contributed by atoms with Crippen molar-refractivity contribution in [3.05, 3.63) is 91.3 Å². The molecule has 6 rings (SSSR count). The summed E-state index contributed by atoms with van der Waals surface area (Å²) in [5, 5.41) is 17.4. The van der Waals surface area contributed by atoms with Gasteiger partial charge < -0.3 is 15.0 Å². The SMILES string of the molecule is CC(C)(C)c1cc(NC(=O)Nc2ccc(Oc3ccnc(-c4cn[nH]c4)c3)cc2)n(-c2ccc3nc[nH]c3c2)n1. The molecule has 2 aromatic carbocycles. The van der Waals surface area contributed by atoms with Gasteiger partial charge in [-0.3, -0.25) is 15.4 Å². The van der Waals surface area contributed by atoms with Crippen LogP contribution >= 0.6 is 0 Å². The number of benzene rings is 2. The molecule has 11 nitrogen and oxygen atoms in total. The number of aromatic nitrogens is 7. The molecule has 0 aliphatic heterocycles. The van der Waals surface area contributed by atoms with Crippen LogP contribution in [0.4, 0.5) is 16.3 Å². The molecule has 4 heterocycles. The zero-order valence-corrected chi connectivity index (χ0v) is 22.1. The van der Waals surface area contributed by atoms with E-state index >= 15 is 0 Å². The van der Waals surface area contributed by atoms with Crippen LogP contribution in [0.15, 0.2) is 85.6 Å². The van der Waals surface area contributed by atoms with Gasteiger partial charge >= 0.3 is 6.03 Å². The number of nitrogens with one attached hydrogen (secondary N) is 4. The van der Waals surface area contributed by atoms with Gasteiger partial charge in [-0.1, -0.05) is 20.8 Å². The summed E-state index contributed by atoms with van der Waals surface area (Å²) in [6.07, 6.45) is 6.80. The molecule has 0 saturated carbocycles. The number of carbonyl (C=O) groups is 1. The second-order valence-corrected chi connectivity index (χ2v) is 10.2. The Balaban J connectivity index is 1.16. The van der Waals surface area contributed by atoms with Crippen molar-refractivity contribution in [2.24, 2.45) is 0 Å². The van der Waals surface area contributed by atoms with Crippen LogP contribution in [-0.2, 0) is 5.41 Å². The van der Waals surface area contributed by atoms with Crippen LogP contribution in [0, 0.1) is 0 Å². The number of hydrogen-bond acceptors (Lipinski definition) is 6. The normalized spacial score (nSPS) is 11.5. The number of H-pyrrole nitrogens is 2. The average molecular weight is 534 g/mol. The minimum atomic E-state index is -0.392. The summed E-state index contributed by atoms with van der Waals surface area (Å²) in [5.41, 5.74) is 5.41. The number of fused-ring (bicyclic) bond motifs is 1. The summed E-state index contributed by atoms with van der Waals surface area (Å²) >= 11 is 0. The third-order valence-electron chi connectivity index (χ3n) is 6.24. The summed E-state index contributed by atoms with van der Waals surface area (Å²) in [5.74, 6) is 1.81. The molecule has 0 aliphatic rings. The van der Waals surface area contributed by atoms with Crippen LogP contribution in [0.5, 0.6) is 11.5 Å². The molecule has 4 N–H and O–H groups in total. The average Bonchev–Trinajstić information content (AvgIpc) is 3.70. The lowest BCUT2D eigenvalue weighted by Crippen LogP contribution is -2.21. The van der Waals surface area contributed by atoms with E-state index < -0.39 is 6.03 Å². The molecular weight excluding hydrogens is 506 g/mol. The zero-order chi connectivity index (χ0) is 27.7. The third kappa shape index (κ3) is 5.25. The zero-order valence-electron chi connectivity index (χ0n) is 22.1. The van der Waals surface area contributed by atoms with Crippen molar-refractivity contribution >= 4 is 28.6 Å². The van der Waals surface area contributed by atoms with Crippen molar-refractivity contribution in [1.82, 2.24) is 34.9 Å². The molecule has 200 valence electrons. The maximum absolute atomic E-state index is 13.0. The molecule has 0 fully saturated rings. The first-order valence-electron chi connectivity index (χ1n) is 12.7. The van der Waals surface area contributed by atoms with Crippen molar-refractivity contribution in [2.75, 3.05) is 10.6 Å². The van der Waals surface area contributed by atoms with E-state index in [4.69, 9.17) is 9.84 Å². The Hall–Kier alpha value is -5.45. The molecule has 11 heteroatoms. The minimum absolute atomic E-state index is 0.208. The molecule has 6 aromatic rings. The van der Waals surface area contributed by atoms with E-state index in [-0.39, 0.29) is 5.41 Å². The highest BCUT2D eigenvalue weighted by molar-refractivity contribution is 5.99. The Kier molecular flexibility index (Phi) is 6.23. The summed E-state index contributed by atoms with van der Waals surface area (Å²) in [4.78, 5) is 24.7. The van der Waals surface area contributed by atoms with Gasteiger partial charge in [0.2, 0.25) is 0 Å². The number of rotatable bonds is 6. The van der Waals surface area contributed by atoms with E-state index in [1.165, 1.54) is 0 Å². The Morgan fingerprint density at radius 2 is 1.80 bits per heavy atom. The van der Waals surface area contributed by atoms with Crippen LogP contribution in [0.25, 0.3) is 28.0 Å². The number of ether oxygens (including phenoxy) is 1. The molecule has 0 aliphatic carbocycles. The van der Waals surface area contributed by atoms with Gasteiger partial charge in [-0.25, -0.2) is 14.5 Å². The first-order chi connectivity index (χ1) is 19.3. The molecular formula is C29H27N9O2. The van der Waals surface area contributed by atoms with E-state index in [0.29, 0.717) is 23.0 Å². The van der Waals surface area contributed by atoms with Gasteiger partial charge in [-0.05, 0) is 48.5 Å². The van der Waals surface area contributed by atoms with Gasteiger partial charge in [0.05, 0.1) is 40.6 Å². The van der Waals surface area contributed by atoms with Gasteiger partial charge in [0.1, 0.15) is 17.3 Å². The topological polar surface area (TPSA) is 138 Å². The maximum Gasteiger partial charge on any atom is 0.324 e. The van der Waals surface area contributed by atoms with E-state index in [0.717, 1.165) is 33.7 Å². The van der Waals surface area contributed by atoms with Crippen LogP contribution < -0.4 is 15.4 Å².